The molecule has 2 nitrogen and oxygen atoms in total. The molecule has 1 N–H and O–H groups in total. The van der Waals surface area contributed by atoms with Gasteiger partial charge in [-0.25, -0.2) is 0 Å². The van der Waals surface area contributed by atoms with Crippen molar-refractivity contribution in [2.24, 2.45) is 0 Å². The largest absolute Gasteiger partial charge is 0.311 e. The van der Waals surface area contributed by atoms with E-state index in [1.54, 1.807) is 6.20 Å². The molecule has 0 saturated carbocycles. The standard InChI is InChI=1S/C9H13BrN2/c1-9(2,11-3)7-4-5-12-6-8(7)10/h4-6,11H,1-3H3. The molecule has 0 aliphatic rings. The van der Waals surface area contributed by atoms with Gasteiger partial charge in [0.15, 0.2) is 0 Å². The highest BCUT2D eigenvalue weighted by molar-refractivity contribution is 9.10. The highest BCUT2D eigenvalue weighted by atomic mass is 79.9. The number of pyridine rings is 1. The first-order valence-corrected chi connectivity index (χ1v) is 4.66. The number of halogens is 1. The first-order chi connectivity index (χ1) is 5.58. The van der Waals surface area contributed by atoms with Crippen LogP contribution in [0.3, 0.4) is 0 Å². The first kappa shape index (κ1) is 9.68. The molecule has 1 aromatic rings. The first-order valence-electron chi connectivity index (χ1n) is 3.87. The molecule has 0 unspecified atom stereocenters. The van der Waals surface area contributed by atoms with E-state index in [2.05, 4.69) is 40.1 Å². The minimum atomic E-state index is -0.0121. The fourth-order valence-electron chi connectivity index (χ4n) is 1.02. The molecule has 3 heteroatoms. The molecule has 0 saturated heterocycles. The fraction of sp³-hybridized carbons (Fsp3) is 0.444. The van der Waals surface area contributed by atoms with E-state index in [4.69, 9.17) is 0 Å². The monoisotopic (exact) mass is 228 g/mol. The van der Waals surface area contributed by atoms with Gasteiger partial charge in [0.2, 0.25) is 0 Å². The molecule has 1 aromatic heterocycles. The van der Waals surface area contributed by atoms with Crippen molar-refractivity contribution in [2.45, 2.75) is 19.4 Å². The van der Waals surface area contributed by atoms with Crippen LogP contribution in [-0.2, 0) is 5.54 Å². The van der Waals surface area contributed by atoms with E-state index in [1.807, 2.05) is 19.3 Å². The van der Waals surface area contributed by atoms with Crippen LogP contribution >= 0.6 is 15.9 Å². The Morgan fingerprint density at radius 2 is 2.17 bits per heavy atom. The van der Waals surface area contributed by atoms with Gasteiger partial charge in [-0.3, -0.25) is 4.98 Å². The number of aromatic nitrogens is 1. The zero-order valence-corrected chi connectivity index (χ0v) is 9.14. The van der Waals surface area contributed by atoms with E-state index >= 15 is 0 Å². The van der Waals surface area contributed by atoms with Gasteiger partial charge in [-0.2, -0.15) is 0 Å². The SMILES string of the molecule is CNC(C)(C)c1ccncc1Br. The van der Waals surface area contributed by atoms with Crippen LogP contribution in [0.15, 0.2) is 22.9 Å². The third-order valence-electron chi connectivity index (χ3n) is 2.07. The van der Waals surface area contributed by atoms with E-state index in [9.17, 15) is 0 Å². The van der Waals surface area contributed by atoms with Crippen LogP contribution in [0.5, 0.6) is 0 Å². The number of hydrogen-bond donors (Lipinski definition) is 1. The normalized spacial score (nSPS) is 11.7. The molecule has 1 heterocycles. The highest BCUT2D eigenvalue weighted by Gasteiger charge is 2.19. The topological polar surface area (TPSA) is 24.9 Å². The van der Waals surface area contributed by atoms with Gasteiger partial charge in [0.1, 0.15) is 0 Å². The lowest BCUT2D eigenvalue weighted by Crippen LogP contribution is -2.33. The molecule has 0 spiro atoms. The van der Waals surface area contributed by atoms with Crippen LogP contribution in [0.2, 0.25) is 0 Å². The summed E-state index contributed by atoms with van der Waals surface area (Å²) in [6.07, 6.45) is 3.62. The highest BCUT2D eigenvalue weighted by Crippen LogP contribution is 2.26. The van der Waals surface area contributed by atoms with E-state index < -0.39 is 0 Å². The number of nitrogens with one attached hydrogen (secondary N) is 1. The average Bonchev–Trinajstić information content (AvgIpc) is 2.05. The fourth-order valence-corrected chi connectivity index (χ4v) is 1.76. The van der Waals surface area contributed by atoms with Crippen molar-refractivity contribution >= 4 is 15.9 Å². The van der Waals surface area contributed by atoms with Crippen LogP contribution in [0.25, 0.3) is 0 Å². The summed E-state index contributed by atoms with van der Waals surface area (Å²) in [7, 11) is 1.95. The summed E-state index contributed by atoms with van der Waals surface area (Å²) in [5.41, 5.74) is 1.21. The van der Waals surface area contributed by atoms with E-state index in [1.165, 1.54) is 5.56 Å². The summed E-state index contributed by atoms with van der Waals surface area (Å²) in [5.74, 6) is 0. The second-order valence-corrected chi connectivity index (χ2v) is 4.08. The maximum absolute atomic E-state index is 4.02. The lowest BCUT2D eigenvalue weighted by atomic mass is 9.96. The Balaban J connectivity index is 3.10. The van der Waals surface area contributed by atoms with Crippen molar-refractivity contribution < 1.29 is 0 Å². The van der Waals surface area contributed by atoms with Crippen LogP contribution in [0.1, 0.15) is 19.4 Å². The molecule has 0 atom stereocenters. The van der Waals surface area contributed by atoms with Gasteiger partial charge in [-0.05, 0) is 48.5 Å². The molecule has 0 aliphatic heterocycles. The van der Waals surface area contributed by atoms with Crippen molar-refractivity contribution in [1.29, 1.82) is 0 Å². The summed E-state index contributed by atoms with van der Waals surface area (Å²) in [5, 5.41) is 3.24. The lowest BCUT2D eigenvalue weighted by Gasteiger charge is -2.25. The molecule has 0 aliphatic carbocycles. The van der Waals surface area contributed by atoms with Gasteiger partial charge in [0.25, 0.3) is 0 Å². The van der Waals surface area contributed by atoms with Crippen LogP contribution in [0, 0.1) is 0 Å². The third-order valence-corrected chi connectivity index (χ3v) is 2.70. The Labute approximate surface area is 81.5 Å². The van der Waals surface area contributed by atoms with Crippen LogP contribution in [-0.4, -0.2) is 12.0 Å². The third kappa shape index (κ3) is 1.84. The second kappa shape index (κ2) is 3.54. The molecule has 12 heavy (non-hydrogen) atoms. The molecule has 0 bridgehead atoms. The Kier molecular flexibility index (Phi) is 2.85. The molecule has 0 radical (unpaired) electrons. The quantitative estimate of drug-likeness (QED) is 0.841. The predicted molar refractivity (Wildman–Crippen MR) is 54.0 cm³/mol. The zero-order chi connectivity index (χ0) is 9.19. The van der Waals surface area contributed by atoms with Crippen molar-refractivity contribution in [2.75, 3.05) is 7.05 Å². The Morgan fingerprint density at radius 1 is 1.50 bits per heavy atom. The van der Waals surface area contributed by atoms with Gasteiger partial charge in [0.05, 0.1) is 0 Å². The van der Waals surface area contributed by atoms with E-state index in [-0.39, 0.29) is 5.54 Å². The summed E-state index contributed by atoms with van der Waals surface area (Å²) in [6.45, 7) is 4.26. The Hall–Kier alpha value is -0.410. The average molecular weight is 229 g/mol. The smallest absolute Gasteiger partial charge is 0.0413 e. The van der Waals surface area contributed by atoms with Crippen LogP contribution in [0.4, 0.5) is 0 Å². The minimum Gasteiger partial charge on any atom is -0.311 e. The van der Waals surface area contributed by atoms with Crippen molar-refractivity contribution in [1.82, 2.24) is 10.3 Å². The van der Waals surface area contributed by atoms with Gasteiger partial charge in [0, 0.05) is 22.4 Å². The molecule has 1 rings (SSSR count). The van der Waals surface area contributed by atoms with Crippen LogP contribution < -0.4 is 5.32 Å². The predicted octanol–water partition coefficient (Wildman–Crippen LogP) is 2.30. The molecular weight excluding hydrogens is 216 g/mol. The van der Waals surface area contributed by atoms with Crippen molar-refractivity contribution in [3.63, 3.8) is 0 Å². The minimum absolute atomic E-state index is 0.0121. The molecule has 66 valence electrons. The second-order valence-electron chi connectivity index (χ2n) is 3.23. The summed E-state index contributed by atoms with van der Waals surface area (Å²) in [6, 6.07) is 2.01. The molecule has 0 amide bonds. The van der Waals surface area contributed by atoms with Gasteiger partial charge < -0.3 is 5.32 Å². The number of rotatable bonds is 2. The Morgan fingerprint density at radius 3 is 2.67 bits per heavy atom. The lowest BCUT2D eigenvalue weighted by molar-refractivity contribution is 0.442. The summed E-state index contributed by atoms with van der Waals surface area (Å²) < 4.78 is 1.05. The summed E-state index contributed by atoms with van der Waals surface area (Å²) in [4.78, 5) is 4.02. The number of nitrogens with zero attached hydrogens (tertiary/aromatic N) is 1. The van der Waals surface area contributed by atoms with Crippen molar-refractivity contribution in [3.8, 4) is 0 Å². The summed E-state index contributed by atoms with van der Waals surface area (Å²) >= 11 is 3.47. The van der Waals surface area contributed by atoms with E-state index in [0.717, 1.165) is 4.47 Å². The molecule has 0 aromatic carbocycles. The van der Waals surface area contributed by atoms with Gasteiger partial charge in [-0.15, -0.1) is 0 Å². The zero-order valence-electron chi connectivity index (χ0n) is 7.56. The maximum Gasteiger partial charge on any atom is 0.0413 e. The van der Waals surface area contributed by atoms with Gasteiger partial charge >= 0.3 is 0 Å². The van der Waals surface area contributed by atoms with E-state index in [0.29, 0.717) is 0 Å². The molecular formula is C9H13BrN2. The number of hydrogen-bond acceptors (Lipinski definition) is 2. The van der Waals surface area contributed by atoms with Gasteiger partial charge in [-0.1, -0.05) is 0 Å². The van der Waals surface area contributed by atoms with Crippen molar-refractivity contribution in [3.05, 3.63) is 28.5 Å². The Bertz CT molecular complexity index is 271. The maximum atomic E-state index is 4.02. The molecule has 0 fully saturated rings.